The molecule has 0 atom stereocenters. The van der Waals surface area contributed by atoms with Crippen LogP contribution in [0, 0.1) is 11.3 Å². The van der Waals surface area contributed by atoms with E-state index in [2.05, 4.69) is 9.39 Å². The molecule has 1 N–H and O–H groups in total. The summed E-state index contributed by atoms with van der Waals surface area (Å²) in [6, 6.07) is 9.95. The van der Waals surface area contributed by atoms with Crippen LogP contribution in [0.25, 0.3) is 17.4 Å². The van der Waals surface area contributed by atoms with Gasteiger partial charge in [0.2, 0.25) is 20.2 Å². The number of aliphatic imine (C=N–C) groups is 1. The maximum Gasteiger partial charge on any atom is 0.338 e. The summed E-state index contributed by atoms with van der Waals surface area (Å²) in [5.41, 5.74) is 0.980. The summed E-state index contributed by atoms with van der Waals surface area (Å²) >= 11 is 0.751. The van der Waals surface area contributed by atoms with E-state index in [0.717, 1.165) is 16.8 Å². The van der Waals surface area contributed by atoms with E-state index >= 15 is 0 Å². The minimum Gasteiger partial charge on any atom is -0.462 e. The van der Waals surface area contributed by atoms with Gasteiger partial charge >= 0.3 is 5.97 Å². The smallest absolute Gasteiger partial charge is 0.338 e. The van der Waals surface area contributed by atoms with Gasteiger partial charge in [0, 0.05) is 5.56 Å². The van der Waals surface area contributed by atoms with Gasteiger partial charge in [-0.15, -0.1) is 0 Å². The summed E-state index contributed by atoms with van der Waals surface area (Å²) in [5, 5.41) is 8.25. The second-order valence-electron chi connectivity index (χ2n) is 8.08. The number of nitrogens with one attached hydrogen (secondary N) is 1. The van der Waals surface area contributed by atoms with Gasteiger partial charge in [-0.2, -0.15) is 9.39 Å². The first kappa shape index (κ1) is 24.6. The molecule has 0 aliphatic carbocycles. The average molecular weight is 515 g/mol. The number of hydrogen-bond acceptors (Lipinski definition) is 9. The molecule has 0 saturated heterocycles. The molecular weight excluding hydrogens is 492 g/mol. The standard InChI is InChI=1S/C23H22N4O6S2/c1-4-32-21(29)15-7-5-14(6-8-15)18-10-9-16(33-18)11-17-19(24)27-22(25-20(17)28)34-26-23(27)35(30,31)12-13(2)3/h5-11,13,24H,4,12H2,1-3H3. The largest absolute Gasteiger partial charge is 0.462 e. The quantitative estimate of drug-likeness (QED) is 0.349. The zero-order chi connectivity index (χ0) is 25.3. The molecule has 2 aromatic rings. The van der Waals surface area contributed by atoms with Crippen LogP contribution >= 0.6 is 11.9 Å². The third-order valence-corrected chi connectivity index (χ3v) is 7.67. The van der Waals surface area contributed by atoms with Crippen LogP contribution in [0.1, 0.15) is 36.9 Å². The molecule has 1 aromatic heterocycles. The van der Waals surface area contributed by atoms with Crippen molar-refractivity contribution in [3.8, 4) is 11.3 Å². The van der Waals surface area contributed by atoms with Crippen molar-refractivity contribution >= 4 is 55.9 Å². The number of esters is 1. The Morgan fingerprint density at radius 3 is 2.60 bits per heavy atom. The summed E-state index contributed by atoms with van der Waals surface area (Å²) in [4.78, 5) is 29.4. The molecule has 1 aromatic carbocycles. The van der Waals surface area contributed by atoms with Crippen molar-refractivity contribution in [2.75, 3.05) is 12.4 Å². The van der Waals surface area contributed by atoms with E-state index < -0.39 is 21.7 Å². The van der Waals surface area contributed by atoms with Crippen LogP contribution in [0.4, 0.5) is 0 Å². The first-order chi connectivity index (χ1) is 16.6. The van der Waals surface area contributed by atoms with Crippen LogP contribution in [0.3, 0.4) is 0 Å². The third kappa shape index (κ3) is 4.98. The monoisotopic (exact) mass is 514 g/mol. The van der Waals surface area contributed by atoms with Crippen molar-refractivity contribution in [3.05, 3.63) is 53.3 Å². The first-order valence-corrected chi connectivity index (χ1v) is 13.1. The second kappa shape index (κ2) is 9.62. The van der Waals surface area contributed by atoms with Gasteiger partial charge in [-0.25, -0.2) is 18.1 Å². The molecule has 35 heavy (non-hydrogen) atoms. The number of ether oxygens (including phenoxy) is 1. The first-order valence-electron chi connectivity index (χ1n) is 10.7. The summed E-state index contributed by atoms with van der Waals surface area (Å²) in [5.74, 6) is -0.987. The number of sulfone groups is 1. The van der Waals surface area contributed by atoms with E-state index in [-0.39, 0.29) is 45.8 Å². The molecule has 4 rings (SSSR count). The minimum absolute atomic E-state index is 0.0290. The molecular formula is C23H22N4O6S2. The number of carbonyl (C=O) groups excluding carboxylic acids is 2. The highest BCUT2D eigenvalue weighted by Crippen LogP contribution is 2.31. The number of amides is 1. The van der Waals surface area contributed by atoms with Gasteiger partial charge in [0.15, 0.2) is 0 Å². The van der Waals surface area contributed by atoms with E-state index in [1.54, 1.807) is 57.2 Å². The number of fused-ring (bicyclic) bond motifs is 1. The Morgan fingerprint density at radius 1 is 1.23 bits per heavy atom. The van der Waals surface area contributed by atoms with Crippen LogP contribution in [-0.2, 0) is 19.4 Å². The molecule has 0 fully saturated rings. The summed E-state index contributed by atoms with van der Waals surface area (Å²) in [6.45, 7) is 5.55. The number of amidine groups is 3. The summed E-state index contributed by atoms with van der Waals surface area (Å²) < 4.78 is 40.3. The van der Waals surface area contributed by atoms with Gasteiger partial charge < -0.3 is 9.15 Å². The second-order valence-corrected chi connectivity index (χ2v) is 10.7. The zero-order valence-corrected chi connectivity index (χ0v) is 20.8. The molecule has 0 radical (unpaired) electrons. The Hall–Kier alpha value is -3.51. The number of hydrogen-bond donors (Lipinski definition) is 1. The molecule has 0 saturated carbocycles. The lowest BCUT2D eigenvalue weighted by molar-refractivity contribution is -0.114. The number of benzene rings is 1. The Labute approximate surface area is 206 Å². The predicted octanol–water partition coefficient (Wildman–Crippen LogP) is 3.77. The molecule has 0 bridgehead atoms. The average Bonchev–Trinajstić information content (AvgIpc) is 3.44. The van der Waals surface area contributed by atoms with E-state index in [1.807, 2.05) is 0 Å². The number of carbonyl (C=O) groups is 2. The van der Waals surface area contributed by atoms with E-state index in [0.29, 0.717) is 16.9 Å². The maximum absolute atomic E-state index is 12.8. The SMILES string of the molecule is CCOC(=O)c1ccc(-c2ccc(C=C3C(=N)N4C(=NC3=O)SN=C4S(=O)(=O)CC(C)C)o2)cc1. The van der Waals surface area contributed by atoms with Gasteiger partial charge in [0.05, 0.1) is 35.4 Å². The Morgan fingerprint density at radius 2 is 1.94 bits per heavy atom. The van der Waals surface area contributed by atoms with Crippen molar-refractivity contribution < 1.29 is 27.2 Å². The molecule has 12 heteroatoms. The maximum atomic E-state index is 12.8. The molecule has 0 spiro atoms. The van der Waals surface area contributed by atoms with Gasteiger partial charge in [-0.3, -0.25) is 10.2 Å². The topological polar surface area (TPSA) is 142 Å². The van der Waals surface area contributed by atoms with Crippen molar-refractivity contribution in [2.45, 2.75) is 20.8 Å². The fourth-order valence-electron chi connectivity index (χ4n) is 3.43. The van der Waals surface area contributed by atoms with Crippen molar-refractivity contribution in [3.63, 3.8) is 0 Å². The molecule has 2 aliphatic rings. The molecule has 2 aliphatic heterocycles. The lowest BCUT2D eigenvalue weighted by Gasteiger charge is -2.24. The molecule has 3 heterocycles. The Bertz CT molecular complexity index is 1400. The lowest BCUT2D eigenvalue weighted by atomic mass is 10.1. The molecule has 1 amide bonds. The lowest BCUT2D eigenvalue weighted by Crippen LogP contribution is -2.46. The van der Waals surface area contributed by atoms with Crippen LogP contribution < -0.4 is 0 Å². The molecule has 182 valence electrons. The zero-order valence-electron chi connectivity index (χ0n) is 19.1. The Kier molecular flexibility index (Phi) is 6.77. The Balaban J connectivity index is 1.59. The third-order valence-electron chi connectivity index (χ3n) is 4.92. The van der Waals surface area contributed by atoms with Gasteiger partial charge in [-0.1, -0.05) is 26.0 Å². The normalized spacial score (nSPS) is 17.0. The highest BCUT2D eigenvalue weighted by atomic mass is 32.2. The highest BCUT2D eigenvalue weighted by molar-refractivity contribution is 8.16. The molecule has 0 unspecified atom stereocenters. The van der Waals surface area contributed by atoms with Crippen molar-refractivity contribution in [1.82, 2.24) is 4.90 Å². The van der Waals surface area contributed by atoms with Gasteiger partial charge in [-0.05, 0) is 43.2 Å². The summed E-state index contributed by atoms with van der Waals surface area (Å²) in [6.07, 6.45) is 1.34. The number of rotatable bonds is 6. The molecule has 10 nitrogen and oxygen atoms in total. The van der Waals surface area contributed by atoms with Gasteiger partial charge in [0.1, 0.15) is 17.4 Å². The minimum atomic E-state index is -3.78. The highest BCUT2D eigenvalue weighted by Gasteiger charge is 2.42. The fourth-order valence-corrected chi connectivity index (χ4v) is 6.16. The van der Waals surface area contributed by atoms with Crippen molar-refractivity contribution in [2.24, 2.45) is 15.3 Å². The van der Waals surface area contributed by atoms with Crippen LogP contribution in [-0.4, -0.2) is 53.7 Å². The van der Waals surface area contributed by atoms with E-state index in [9.17, 15) is 18.0 Å². The predicted molar refractivity (Wildman–Crippen MR) is 134 cm³/mol. The number of furan rings is 1. The van der Waals surface area contributed by atoms with Gasteiger partial charge in [0.25, 0.3) is 5.91 Å². The van der Waals surface area contributed by atoms with Crippen LogP contribution in [0.15, 0.2) is 55.8 Å². The van der Waals surface area contributed by atoms with E-state index in [1.165, 1.54) is 6.08 Å². The van der Waals surface area contributed by atoms with Crippen LogP contribution in [0.5, 0.6) is 0 Å². The number of nitrogens with zero attached hydrogens (tertiary/aromatic N) is 3. The van der Waals surface area contributed by atoms with E-state index in [4.69, 9.17) is 14.6 Å². The van der Waals surface area contributed by atoms with Crippen LogP contribution in [0.2, 0.25) is 0 Å². The summed E-state index contributed by atoms with van der Waals surface area (Å²) in [7, 11) is -3.78. The van der Waals surface area contributed by atoms with Crippen molar-refractivity contribution in [1.29, 1.82) is 5.41 Å². The fraction of sp³-hybridized carbons (Fsp3) is 0.261.